The molecule has 0 aliphatic carbocycles. The molecule has 0 fully saturated rings. The van der Waals surface area contributed by atoms with Crippen LogP contribution in [0.1, 0.15) is 23.4 Å². The van der Waals surface area contributed by atoms with Crippen molar-refractivity contribution in [2.24, 2.45) is 0 Å². The first-order chi connectivity index (χ1) is 9.65. The van der Waals surface area contributed by atoms with Gasteiger partial charge in [0, 0.05) is 10.0 Å². The van der Waals surface area contributed by atoms with Crippen LogP contribution in [0.15, 0.2) is 46.9 Å². The van der Waals surface area contributed by atoms with Gasteiger partial charge >= 0.3 is 0 Å². The zero-order valence-electron chi connectivity index (χ0n) is 11.4. The van der Waals surface area contributed by atoms with Crippen molar-refractivity contribution in [1.29, 1.82) is 0 Å². The monoisotopic (exact) mass is 354 g/mol. The summed E-state index contributed by atoms with van der Waals surface area (Å²) in [6.07, 6.45) is 0. The molecule has 2 aromatic carbocycles. The van der Waals surface area contributed by atoms with Crippen LogP contribution in [0.25, 0.3) is 0 Å². The third-order valence-electron chi connectivity index (χ3n) is 2.95. The van der Waals surface area contributed by atoms with Gasteiger partial charge in [-0.1, -0.05) is 34.1 Å². The summed E-state index contributed by atoms with van der Waals surface area (Å²) in [6, 6.07) is 13.7. The second kappa shape index (κ2) is 7.00. The van der Waals surface area contributed by atoms with Crippen LogP contribution in [0.5, 0.6) is 11.5 Å². The molecule has 0 bridgehead atoms. The lowest BCUT2D eigenvalue weighted by Gasteiger charge is -2.15. The minimum atomic E-state index is -0.256. The van der Waals surface area contributed by atoms with Crippen LogP contribution in [0.4, 0.5) is 0 Å². The highest BCUT2D eigenvalue weighted by atomic mass is 79.9. The fraction of sp³-hybridized carbons (Fsp3) is 0.250. The molecule has 0 radical (unpaired) electrons. The van der Waals surface area contributed by atoms with Crippen LogP contribution < -0.4 is 9.47 Å². The Hall–Kier alpha value is -1.19. The van der Waals surface area contributed by atoms with Crippen molar-refractivity contribution in [3.8, 4) is 11.5 Å². The number of halogens is 2. The van der Waals surface area contributed by atoms with Crippen LogP contribution in [0.2, 0.25) is 0 Å². The molecule has 0 aliphatic rings. The standard InChI is InChI=1S/C16H16BrClO2/c1-3-20-13-7-4-11(5-8-13)16(18)14-9-6-12(17)10-15(14)19-2/h4-10,16H,3H2,1-2H3. The summed E-state index contributed by atoms with van der Waals surface area (Å²) in [5.41, 5.74) is 1.96. The van der Waals surface area contributed by atoms with Gasteiger partial charge in [0.2, 0.25) is 0 Å². The highest BCUT2D eigenvalue weighted by molar-refractivity contribution is 9.10. The largest absolute Gasteiger partial charge is 0.496 e. The zero-order chi connectivity index (χ0) is 14.5. The van der Waals surface area contributed by atoms with E-state index in [1.807, 2.05) is 49.4 Å². The van der Waals surface area contributed by atoms with Gasteiger partial charge in [-0.25, -0.2) is 0 Å². The summed E-state index contributed by atoms with van der Waals surface area (Å²) in [4.78, 5) is 0. The van der Waals surface area contributed by atoms with E-state index in [0.717, 1.165) is 27.1 Å². The first-order valence-corrected chi connectivity index (χ1v) is 7.59. The van der Waals surface area contributed by atoms with E-state index in [1.54, 1.807) is 7.11 Å². The van der Waals surface area contributed by atoms with Gasteiger partial charge in [0.25, 0.3) is 0 Å². The predicted octanol–water partition coefficient (Wildman–Crippen LogP) is 5.18. The van der Waals surface area contributed by atoms with Gasteiger partial charge in [-0.3, -0.25) is 0 Å². The fourth-order valence-electron chi connectivity index (χ4n) is 1.97. The SMILES string of the molecule is CCOc1ccc(C(Cl)c2ccc(Br)cc2OC)cc1. The van der Waals surface area contributed by atoms with Gasteiger partial charge in [-0.2, -0.15) is 0 Å². The maximum Gasteiger partial charge on any atom is 0.125 e. The second-order valence-electron chi connectivity index (χ2n) is 4.25. The maximum atomic E-state index is 6.56. The molecular weight excluding hydrogens is 340 g/mol. The molecule has 20 heavy (non-hydrogen) atoms. The van der Waals surface area contributed by atoms with E-state index in [1.165, 1.54) is 0 Å². The van der Waals surface area contributed by atoms with Crippen LogP contribution >= 0.6 is 27.5 Å². The van der Waals surface area contributed by atoms with Gasteiger partial charge in [0.1, 0.15) is 11.5 Å². The lowest BCUT2D eigenvalue weighted by atomic mass is 10.0. The first-order valence-electron chi connectivity index (χ1n) is 6.36. The second-order valence-corrected chi connectivity index (χ2v) is 5.60. The van der Waals surface area contributed by atoms with Crippen molar-refractivity contribution >= 4 is 27.5 Å². The Morgan fingerprint density at radius 3 is 2.45 bits per heavy atom. The average molecular weight is 356 g/mol. The third-order valence-corrected chi connectivity index (χ3v) is 3.93. The predicted molar refractivity (Wildman–Crippen MR) is 86.0 cm³/mol. The number of rotatable bonds is 5. The van der Waals surface area contributed by atoms with E-state index >= 15 is 0 Å². The number of ether oxygens (including phenoxy) is 2. The third kappa shape index (κ3) is 3.47. The maximum absolute atomic E-state index is 6.56. The quantitative estimate of drug-likeness (QED) is 0.688. The average Bonchev–Trinajstić information content (AvgIpc) is 2.47. The van der Waals surface area contributed by atoms with Crippen LogP contribution in [-0.4, -0.2) is 13.7 Å². The summed E-state index contributed by atoms with van der Waals surface area (Å²) in [5.74, 6) is 1.62. The van der Waals surface area contributed by atoms with Crippen LogP contribution in [0.3, 0.4) is 0 Å². The molecule has 106 valence electrons. The number of methoxy groups -OCH3 is 1. The Balaban J connectivity index is 2.28. The Labute approximate surface area is 132 Å². The Morgan fingerprint density at radius 1 is 1.15 bits per heavy atom. The number of alkyl halides is 1. The van der Waals surface area contributed by atoms with Crippen molar-refractivity contribution < 1.29 is 9.47 Å². The van der Waals surface area contributed by atoms with Gasteiger partial charge in [-0.05, 0) is 36.8 Å². The van der Waals surface area contributed by atoms with Gasteiger partial charge in [-0.15, -0.1) is 11.6 Å². The van der Waals surface area contributed by atoms with Crippen molar-refractivity contribution in [1.82, 2.24) is 0 Å². The lowest BCUT2D eigenvalue weighted by molar-refractivity contribution is 0.340. The van der Waals surface area contributed by atoms with E-state index in [2.05, 4.69) is 15.9 Å². The summed E-state index contributed by atoms with van der Waals surface area (Å²) >= 11 is 9.99. The number of hydrogen-bond donors (Lipinski definition) is 0. The van der Waals surface area contributed by atoms with Crippen LogP contribution in [0, 0.1) is 0 Å². The van der Waals surface area contributed by atoms with Crippen molar-refractivity contribution in [2.45, 2.75) is 12.3 Å². The number of hydrogen-bond acceptors (Lipinski definition) is 2. The molecular formula is C16H16BrClO2. The smallest absolute Gasteiger partial charge is 0.125 e. The Morgan fingerprint density at radius 2 is 1.85 bits per heavy atom. The Bertz CT molecular complexity index is 569. The van der Waals surface area contributed by atoms with Crippen molar-refractivity contribution in [2.75, 3.05) is 13.7 Å². The van der Waals surface area contributed by atoms with Crippen LogP contribution in [-0.2, 0) is 0 Å². The van der Waals surface area contributed by atoms with E-state index in [9.17, 15) is 0 Å². The lowest BCUT2D eigenvalue weighted by Crippen LogP contribution is -1.98. The minimum absolute atomic E-state index is 0.256. The fourth-order valence-corrected chi connectivity index (χ4v) is 2.64. The highest BCUT2D eigenvalue weighted by Gasteiger charge is 2.16. The molecule has 0 aliphatic heterocycles. The molecule has 0 spiro atoms. The van der Waals surface area contributed by atoms with E-state index in [-0.39, 0.29) is 5.38 Å². The summed E-state index contributed by atoms with van der Waals surface area (Å²) in [6.45, 7) is 2.62. The summed E-state index contributed by atoms with van der Waals surface area (Å²) in [5, 5.41) is -0.256. The summed E-state index contributed by atoms with van der Waals surface area (Å²) in [7, 11) is 1.65. The van der Waals surface area contributed by atoms with Crippen molar-refractivity contribution in [3.63, 3.8) is 0 Å². The summed E-state index contributed by atoms with van der Waals surface area (Å²) < 4.78 is 11.8. The molecule has 0 aromatic heterocycles. The van der Waals surface area contributed by atoms with E-state index in [0.29, 0.717) is 6.61 Å². The molecule has 0 saturated heterocycles. The molecule has 4 heteroatoms. The molecule has 2 nitrogen and oxygen atoms in total. The minimum Gasteiger partial charge on any atom is -0.496 e. The molecule has 1 atom stereocenters. The number of benzene rings is 2. The van der Waals surface area contributed by atoms with Crippen molar-refractivity contribution in [3.05, 3.63) is 58.1 Å². The zero-order valence-corrected chi connectivity index (χ0v) is 13.7. The van der Waals surface area contributed by atoms with Gasteiger partial charge in [0.05, 0.1) is 19.1 Å². The molecule has 0 heterocycles. The molecule has 0 saturated carbocycles. The topological polar surface area (TPSA) is 18.5 Å². The normalized spacial score (nSPS) is 12.0. The molecule has 1 unspecified atom stereocenters. The van der Waals surface area contributed by atoms with Gasteiger partial charge in [0.15, 0.2) is 0 Å². The van der Waals surface area contributed by atoms with Gasteiger partial charge < -0.3 is 9.47 Å². The van der Waals surface area contributed by atoms with E-state index in [4.69, 9.17) is 21.1 Å². The molecule has 0 N–H and O–H groups in total. The Kier molecular flexibility index (Phi) is 5.32. The highest BCUT2D eigenvalue weighted by Crippen LogP contribution is 2.36. The molecule has 2 rings (SSSR count). The molecule has 0 amide bonds. The van der Waals surface area contributed by atoms with E-state index < -0.39 is 0 Å². The first kappa shape index (κ1) is 15.2. The molecule has 2 aromatic rings.